The van der Waals surface area contributed by atoms with Crippen LogP contribution in [0.1, 0.15) is 22.6 Å². The molecule has 31 heavy (non-hydrogen) atoms. The van der Waals surface area contributed by atoms with Gasteiger partial charge in [0.05, 0.1) is 25.3 Å². The van der Waals surface area contributed by atoms with E-state index in [1.165, 1.54) is 0 Å². The summed E-state index contributed by atoms with van der Waals surface area (Å²) in [7, 11) is 3.23. The number of hydrogen-bond donors (Lipinski definition) is 1. The molecule has 3 aromatic rings. The third kappa shape index (κ3) is 4.09. The Balaban J connectivity index is 1.62. The number of aryl methyl sites for hydroxylation is 1. The first-order chi connectivity index (χ1) is 15.0. The summed E-state index contributed by atoms with van der Waals surface area (Å²) < 4.78 is 25.2. The summed E-state index contributed by atoms with van der Waals surface area (Å²) >= 11 is 7.33. The molecule has 2 aromatic carbocycles. The number of halogens is 1. The van der Waals surface area contributed by atoms with Gasteiger partial charge in [0.25, 0.3) is 0 Å². The maximum Gasteiger partial charge on any atom is 0.173 e. The highest BCUT2D eigenvalue weighted by Gasteiger charge is 2.44. The van der Waals surface area contributed by atoms with Crippen molar-refractivity contribution in [3.63, 3.8) is 0 Å². The molecule has 2 heterocycles. The van der Waals surface area contributed by atoms with Crippen molar-refractivity contribution in [3.8, 4) is 11.5 Å². The smallest absolute Gasteiger partial charge is 0.173 e. The average Bonchev–Trinajstić information content (AvgIpc) is 3.46. The number of hydrogen-bond acceptors (Lipinski definition) is 5. The van der Waals surface area contributed by atoms with Gasteiger partial charge in [0.2, 0.25) is 0 Å². The molecule has 1 aliphatic rings. The van der Waals surface area contributed by atoms with Gasteiger partial charge in [-0.05, 0) is 54.9 Å². The topological polar surface area (TPSA) is 46.6 Å². The summed E-state index contributed by atoms with van der Waals surface area (Å²) in [5, 5.41) is 6.81. The Morgan fingerprint density at radius 2 is 2.06 bits per heavy atom. The first kappa shape index (κ1) is 21.5. The molecule has 1 atom stereocenters. The highest BCUT2D eigenvalue weighted by Crippen LogP contribution is 2.42. The number of thiocarbonyl (C=S) groups is 1. The zero-order chi connectivity index (χ0) is 22.0. The second kappa shape index (κ2) is 8.80. The molecule has 1 N–H and O–H groups in total. The molecule has 1 aromatic heterocycles. The lowest BCUT2D eigenvalue weighted by atomic mass is 9.80. The molecule has 0 unspecified atom stereocenters. The molecule has 0 amide bonds. The molecule has 0 aliphatic carbocycles. The van der Waals surface area contributed by atoms with E-state index < -0.39 is 5.41 Å². The monoisotopic (exact) mass is 457 g/mol. The Labute approximate surface area is 190 Å². The van der Waals surface area contributed by atoms with Crippen LogP contribution >= 0.6 is 23.6 Å². The predicted molar refractivity (Wildman–Crippen MR) is 126 cm³/mol. The molecule has 8 heteroatoms. The van der Waals surface area contributed by atoms with Crippen LogP contribution in [0.5, 0.6) is 11.5 Å². The summed E-state index contributed by atoms with van der Waals surface area (Å²) in [5.74, 6) is 1.18. The Hall–Kier alpha value is -2.71. The van der Waals surface area contributed by atoms with Crippen molar-refractivity contribution < 1.29 is 13.9 Å². The van der Waals surface area contributed by atoms with Crippen LogP contribution in [0.2, 0.25) is 0 Å². The lowest BCUT2D eigenvalue weighted by Crippen LogP contribution is -2.37. The number of benzene rings is 2. The van der Waals surface area contributed by atoms with E-state index in [-0.39, 0.29) is 5.82 Å². The lowest BCUT2D eigenvalue weighted by molar-refractivity contribution is 0.404. The van der Waals surface area contributed by atoms with Crippen molar-refractivity contribution in [2.75, 3.05) is 32.6 Å². The summed E-state index contributed by atoms with van der Waals surface area (Å²) in [6.45, 7) is 3.12. The van der Waals surface area contributed by atoms with Crippen molar-refractivity contribution in [2.45, 2.75) is 18.8 Å². The zero-order valence-corrected chi connectivity index (χ0v) is 19.3. The van der Waals surface area contributed by atoms with Crippen LogP contribution in [0.4, 0.5) is 10.1 Å². The first-order valence-corrected chi connectivity index (χ1v) is 11.2. The highest BCUT2D eigenvalue weighted by molar-refractivity contribution is 7.80. The van der Waals surface area contributed by atoms with E-state index in [9.17, 15) is 4.39 Å². The van der Waals surface area contributed by atoms with Crippen LogP contribution in [0.3, 0.4) is 0 Å². The van der Waals surface area contributed by atoms with Gasteiger partial charge in [-0.15, -0.1) is 11.3 Å². The van der Waals surface area contributed by atoms with Gasteiger partial charge >= 0.3 is 0 Å². The summed E-state index contributed by atoms with van der Waals surface area (Å²) in [6.07, 6.45) is 2.59. The molecule has 4 rings (SSSR count). The maximum absolute atomic E-state index is 14.4. The lowest BCUT2D eigenvalue weighted by Gasteiger charge is -2.29. The number of ether oxygens (including phenoxy) is 2. The second-order valence-corrected chi connectivity index (χ2v) is 8.83. The van der Waals surface area contributed by atoms with Gasteiger partial charge in [-0.3, -0.25) is 0 Å². The van der Waals surface area contributed by atoms with Crippen LogP contribution in [-0.4, -0.2) is 42.3 Å². The Morgan fingerprint density at radius 3 is 2.74 bits per heavy atom. The largest absolute Gasteiger partial charge is 0.497 e. The van der Waals surface area contributed by atoms with E-state index in [0.29, 0.717) is 28.7 Å². The van der Waals surface area contributed by atoms with Crippen molar-refractivity contribution in [1.29, 1.82) is 0 Å². The summed E-state index contributed by atoms with van der Waals surface area (Å²) in [6, 6.07) is 11.0. The van der Waals surface area contributed by atoms with Crippen LogP contribution in [0.15, 0.2) is 48.0 Å². The number of aromatic nitrogens is 1. The van der Waals surface area contributed by atoms with Crippen LogP contribution in [0, 0.1) is 12.7 Å². The number of rotatable bonds is 5. The predicted octanol–water partition coefficient (Wildman–Crippen LogP) is 5.00. The number of nitrogens with one attached hydrogen (secondary N) is 1. The number of nitrogens with zero attached hydrogens (tertiary/aromatic N) is 2. The standard InChI is InChI=1S/C23H24FN3O2S2/c1-15-4-5-16(12-18(15)24)23(21-25-9-11-31-21)8-10-27(14-23)22(30)26-19-13-17(28-2)6-7-20(19)29-3/h4-7,9,11-13H,8,10,14H2,1-3H3,(H,26,30)/t23-/m0/s1. The molecular formula is C23H24FN3O2S2. The fourth-order valence-electron chi connectivity index (χ4n) is 3.97. The number of anilines is 1. The number of likely N-dealkylation sites (tertiary alicyclic amines) is 1. The fourth-order valence-corrected chi connectivity index (χ4v) is 5.12. The zero-order valence-electron chi connectivity index (χ0n) is 17.6. The van der Waals surface area contributed by atoms with Crippen molar-refractivity contribution in [2.24, 2.45) is 0 Å². The molecule has 0 spiro atoms. The van der Waals surface area contributed by atoms with E-state index in [0.717, 1.165) is 29.2 Å². The van der Waals surface area contributed by atoms with E-state index in [2.05, 4.69) is 15.2 Å². The third-order valence-corrected chi connectivity index (χ3v) is 7.11. The molecule has 1 fully saturated rings. The van der Waals surface area contributed by atoms with Gasteiger partial charge in [-0.1, -0.05) is 12.1 Å². The van der Waals surface area contributed by atoms with Gasteiger partial charge in [0, 0.05) is 30.7 Å². The van der Waals surface area contributed by atoms with E-state index >= 15 is 0 Å². The Bertz CT molecular complexity index is 1090. The minimum Gasteiger partial charge on any atom is -0.497 e. The highest BCUT2D eigenvalue weighted by atomic mass is 32.1. The van der Waals surface area contributed by atoms with E-state index in [1.54, 1.807) is 44.7 Å². The van der Waals surface area contributed by atoms with Gasteiger partial charge in [0.15, 0.2) is 5.11 Å². The van der Waals surface area contributed by atoms with Gasteiger partial charge in [-0.2, -0.15) is 0 Å². The normalized spacial score (nSPS) is 18.1. The number of methoxy groups -OCH3 is 2. The molecule has 1 aliphatic heterocycles. The molecular weight excluding hydrogens is 433 g/mol. The second-order valence-electron chi connectivity index (χ2n) is 7.55. The van der Waals surface area contributed by atoms with Crippen LogP contribution in [0.25, 0.3) is 0 Å². The van der Waals surface area contributed by atoms with Gasteiger partial charge < -0.3 is 19.7 Å². The minimum absolute atomic E-state index is 0.200. The average molecular weight is 458 g/mol. The van der Waals surface area contributed by atoms with Crippen molar-refractivity contribution in [1.82, 2.24) is 9.88 Å². The van der Waals surface area contributed by atoms with Crippen LogP contribution < -0.4 is 14.8 Å². The van der Waals surface area contributed by atoms with Gasteiger partial charge in [0.1, 0.15) is 22.3 Å². The Morgan fingerprint density at radius 1 is 1.23 bits per heavy atom. The summed E-state index contributed by atoms with van der Waals surface area (Å²) in [4.78, 5) is 6.70. The van der Waals surface area contributed by atoms with Crippen molar-refractivity contribution in [3.05, 3.63) is 69.9 Å². The molecule has 1 saturated heterocycles. The molecule has 0 bridgehead atoms. The SMILES string of the molecule is COc1ccc(OC)c(NC(=S)N2CC[C@](c3ccc(C)c(F)c3)(c3nccs3)C2)c1. The van der Waals surface area contributed by atoms with Crippen molar-refractivity contribution >= 4 is 34.4 Å². The van der Waals surface area contributed by atoms with Crippen LogP contribution in [-0.2, 0) is 5.41 Å². The first-order valence-electron chi connectivity index (χ1n) is 9.91. The molecule has 0 saturated carbocycles. The third-order valence-electron chi connectivity index (χ3n) is 5.77. The quantitative estimate of drug-likeness (QED) is 0.545. The minimum atomic E-state index is -0.410. The number of thiazole rings is 1. The van der Waals surface area contributed by atoms with E-state index in [4.69, 9.17) is 21.7 Å². The Kier molecular flexibility index (Phi) is 6.11. The van der Waals surface area contributed by atoms with Gasteiger partial charge in [-0.25, -0.2) is 9.37 Å². The summed E-state index contributed by atoms with van der Waals surface area (Å²) in [5.41, 5.74) is 1.89. The molecule has 0 radical (unpaired) electrons. The molecule has 5 nitrogen and oxygen atoms in total. The molecule has 162 valence electrons. The van der Waals surface area contributed by atoms with E-state index in [1.807, 2.05) is 35.7 Å². The fraction of sp³-hybridized carbons (Fsp3) is 0.304. The maximum atomic E-state index is 14.4.